The van der Waals surface area contributed by atoms with E-state index < -0.39 is 0 Å². The molecule has 2 N–H and O–H groups in total. The number of aliphatic imine (C=N–C) groups is 1. The molecule has 2 aromatic carbocycles. The monoisotopic (exact) mass is 544 g/mol. The maximum Gasteiger partial charge on any atom is 0.191 e. The second-order valence-corrected chi connectivity index (χ2v) is 7.46. The molecule has 0 bridgehead atoms. The summed E-state index contributed by atoms with van der Waals surface area (Å²) in [5.41, 5.74) is 3.41. The number of guanidine groups is 1. The summed E-state index contributed by atoms with van der Waals surface area (Å²) in [6, 6.07) is 14.3. The van der Waals surface area contributed by atoms with Crippen molar-refractivity contribution in [2.45, 2.75) is 25.6 Å². The van der Waals surface area contributed by atoms with Crippen LogP contribution in [0.25, 0.3) is 0 Å². The number of nitrogens with zero attached hydrogens (tertiary/aromatic N) is 2. The lowest BCUT2D eigenvalue weighted by molar-refractivity contribution is 0.184. The van der Waals surface area contributed by atoms with E-state index in [-0.39, 0.29) is 24.0 Å². The Morgan fingerprint density at radius 3 is 2.67 bits per heavy atom. The number of rotatable bonds is 7. The maximum absolute atomic E-state index is 6.19. The third kappa shape index (κ3) is 6.39. The van der Waals surface area contributed by atoms with Gasteiger partial charge in [0.05, 0.1) is 19.4 Å². The second-order valence-electron chi connectivity index (χ2n) is 7.02. The van der Waals surface area contributed by atoms with Gasteiger partial charge in [0, 0.05) is 44.9 Å². The van der Waals surface area contributed by atoms with Crippen molar-refractivity contribution in [1.82, 2.24) is 10.6 Å². The zero-order chi connectivity index (χ0) is 20.6. The van der Waals surface area contributed by atoms with Crippen molar-refractivity contribution in [2.24, 2.45) is 4.99 Å². The highest BCUT2D eigenvalue weighted by Gasteiger charge is 2.25. The van der Waals surface area contributed by atoms with E-state index in [9.17, 15) is 0 Å². The number of hydrogen-bond acceptors (Lipinski definition) is 4. The van der Waals surface area contributed by atoms with Crippen molar-refractivity contribution in [3.63, 3.8) is 0 Å². The molecular formula is C22H30ClIN4O2. The summed E-state index contributed by atoms with van der Waals surface area (Å²) in [6.07, 6.45) is 1.01. The number of methoxy groups -OCH3 is 2. The second kappa shape index (κ2) is 12.2. The van der Waals surface area contributed by atoms with Gasteiger partial charge in [0.2, 0.25) is 0 Å². The van der Waals surface area contributed by atoms with Crippen LogP contribution in [-0.4, -0.2) is 46.4 Å². The van der Waals surface area contributed by atoms with Crippen LogP contribution in [0.3, 0.4) is 0 Å². The Kier molecular flexibility index (Phi) is 10.0. The first-order valence-corrected chi connectivity index (χ1v) is 10.1. The normalized spacial score (nSPS) is 16.2. The molecule has 2 aromatic rings. The third-order valence-electron chi connectivity index (χ3n) is 5.10. The topological polar surface area (TPSA) is 58.1 Å². The van der Waals surface area contributed by atoms with E-state index in [2.05, 4.69) is 32.7 Å². The zero-order valence-electron chi connectivity index (χ0n) is 17.7. The smallest absolute Gasteiger partial charge is 0.191 e. The fourth-order valence-corrected chi connectivity index (χ4v) is 3.77. The molecule has 0 spiro atoms. The molecule has 0 aliphatic carbocycles. The van der Waals surface area contributed by atoms with E-state index in [1.54, 1.807) is 21.3 Å². The molecule has 0 radical (unpaired) electrons. The third-order valence-corrected chi connectivity index (χ3v) is 5.33. The van der Waals surface area contributed by atoms with E-state index in [0.717, 1.165) is 36.9 Å². The van der Waals surface area contributed by atoms with E-state index in [1.807, 2.05) is 30.3 Å². The van der Waals surface area contributed by atoms with Gasteiger partial charge in [-0.1, -0.05) is 35.9 Å². The van der Waals surface area contributed by atoms with Gasteiger partial charge >= 0.3 is 0 Å². The number of hydrogen-bond donors (Lipinski definition) is 2. The summed E-state index contributed by atoms with van der Waals surface area (Å²) >= 11 is 6.19. The summed E-state index contributed by atoms with van der Waals surface area (Å²) in [5, 5.41) is 7.66. The Balaban J connectivity index is 0.00000320. The molecule has 1 aliphatic rings. The molecule has 0 saturated carbocycles. The molecule has 164 valence electrons. The lowest BCUT2D eigenvalue weighted by Crippen LogP contribution is -2.44. The average molecular weight is 545 g/mol. The molecule has 0 amide bonds. The lowest BCUT2D eigenvalue weighted by atomic mass is 10.1. The number of anilines is 1. The molecule has 8 heteroatoms. The fraction of sp³-hybridized carbons (Fsp3) is 0.409. The van der Waals surface area contributed by atoms with Crippen molar-refractivity contribution in [3.8, 4) is 5.75 Å². The van der Waals surface area contributed by atoms with Gasteiger partial charge in [-0.3, -0.25) is 4.99 Å². The Morgan fingerprint density at radius 1 is 1.20 bits per heavy atom. The molecule has 0 aromatic heterocycles. The quantitative estimate of drug-likeness (QED) is 0.313. The standard InChI is InChI=1S/C22H29ClN4O2.HI/c1-24-22(25-13-16-6-4-5-7-17(16)15-28-2)26-19-10-11-27(14-19)20-12-18(23)8-9-21(20)29-3;/h4-9,12,19H,10-11,13-15H2,1-3H3,(H2,24,25,26);1H. The van der Waals surface area contributed by atoms with E-state index in [0.29, 0.717) is 24.2 Å². The fourth-order valence-electron chi connectivity index (χ4n) is 3.60. The highest BCUT2D eigenvalue weighted by Crippen LogP contribution is 2.33. The largest absolute Gasteiger partial charge is 0.495 e. The summed E-state index contributed by atoms with van der Waals surface area (Å²) in [7, 11) is 5.19. The van der Waals surface area contributed by atoms with Crippen molar-refractivity contribution >= 4 is 47.2 Å². The SMILES string of the molecule is CN=C(NCc1ccccc1COC)NC1CCN(c2cc(Cl)ccc2OC)C1.I. The van der Waals surface area contributed by atoms with E-state index in [4.69, 9.17) is 21.1 Å². The molecule has 1 atom stereocenters. The van der Waals surface area contributed by atoms with Crippen molar-refractivity contribution in [3.05, 3.63) is 58.6 Å². The van der Waals surface area contributed by atoms with Crippen LogP contribution in [0.1, 0.15) is 17.5 Å². The first-order valence-electron chi connectivity index (χ1n) is 9.76. The Labute approximate surface area is 201 Å². The van der Waals surface area contributed by atoms with Crippen LogP contribution in [-0.2, 0) is 17.9 Å². The summed E-state index contributed by atoms with van der Waals surface area (Å²) in [5.74, 6) is 1.63. The van der Waals surface area contributed by atoms with Crippen LogP contribution < -0.4 is 20.3 Å². The van der Waals surface area contributed by atoms with Crippen LogP contribution >= 0.6 is 35.6 Å². The van der Waals surface area contributed by atoms with E-state index in [1.165, 1.54) is 11.1 Å². The minimum absolute atomic E-state index is 0. The molecule has 1 unspecified atom stereocenters. The van der Waals surface area contributed by atoms with Crippen LogP contribution in [0.4, 0.5) is 5.69 Å². The van der Waals surface area contributed by atoms with Gasteiger partial charge in [-0.05, 0) is 35.7 Å². The average Bonchev–Trinajstić information content (AvgIpc) is 3.20. The first kappa shape index (κ1) is 24.6. The van der Waals surface area contributed by atoms with Crippen LogP contribution in [0, 0.1) is 0 Å². The van der Waals surface area contributed by atoms with Gasteiger partial charge in [-0.2, -0.15) is 0 Å². The van der Waals surface area contributed by atoms with Gasteiger partial charge in [0.15, 0.2) is 5.96 Å². The number of nitrogens with one attached hydrogen (secondary N) is 2. The predicted molar refractivity (Wildman–Crippen MR) is 135 cm³/mol. The predicted octanol–water partition coefficient (Wildman–Crippen LogP) is 4.06. The van der Waals surface area contributed by atoms with E-state index >= 15 is 0 Å². The Bertz CT molecular complexity index is 850. The van der Waals surface area contributed by atoms with Gasteiger partial charge in [-0.25, -0.2) is 0 Å². The van der Waals surface area contributed by atoms with Gasteiger partial charge in [-0.15, -0.1) is 24.0 Å². The van der Waals surface area contributed by atoms with Crippen molar-refractivity contribution < 1.29 is 9.47 Å². The highest BCUT2D eigenvalue weighted by atomic mass is 127. The van der Waals surface area contributed by atoms with Crippen molar-refractivity contribution in [1.29, 1.82) is 0 Å². The summed E-state index contributed by atoms with van der Waals surface area (Å²) in [4.78, 5) is 6.68. The molecule has 1 saturated heterocycles. The summed E-state index contributed by atoms with van der Waals surface area (Å²) in [6.45, 7) is 3.08. The van der Waals surface area contributed by atoms with Crippen LogP contribution in [0.2, 0.25) is 5.02 Å². The van der Waals surface area contributed by atoms with Crippen LogP contribution in [0.5, 0.6) is 5.75 Å². The number of benzene rings is 2. The molecule has 1 aliphatic heterocycles. The molecular weight excluding hydrogens is 515 g/mol. The molecule has 6 nitrogen and oxygen atoms in total. The van der Waals surface area contributed by atoms with Gasteiger partial charge in [0.25, 0.3) is 0 Å². The highest BCUT2D eigenvalue weighted by molar-refractivity contribution is 14.0. The Hall–Kier alpha value is -1.71. The van der Waals surface area contributed by atoms with Gasteiger partial charge < -0.3 is 25.0 Å². The minimum atomic E-state index is 0. The zero-order valence-corrected chi connectivity index (χ0v) is 20.7. The molecule has 1 fully saturated rings. The maximum atomic E-state index is 6.19. The van der Waals surface area contributed by atoms with Crippen molar-refractivity contribution in [2.75, 3.05) is 39.3 Å². The van der Waals surface area contributed by atoms with Crippen LogP contribution in [0.15, 0.2) is 47.5 Å². The number of ether oxygens (including phenoxy) is 2. The lowest BCUT2D eigenvalue weighted by Gasteiger charge is -2.22. The number of halogens is 2. The minimum Gasteiger partial charge on any atom is -0.495 e. The molecule has 1 heterocycles. The first-order chi connectivity index (χ1) is 14.1. The van der Waals surface area contributed by atoms with Gasteiger partial charge in [0.1, 0.15) is 5.75 Å². The molecule has 3 rings (SSSR count). The summed E-state index contributed by atoms with van der Waals surface area (Å²) < 4.78 is 10.8. The molecule has 30 heavy (non-hydrogen) atoms. The Morgan fingerprint density at radius 2 is 1.97 bits per heavy atom.